The first-order valence-corrected chi connectivity index (χ1v) is 6.69. The Morgan fingerprint density at radius 1 is 1.38 bits per heavy atom. The molecule has 0 aromatic carbocycles. The number of aryl methyl sites for hydroxylation is 2. The zero-order chi connectivity index (χ0) is 15.6. The number of nitro groups is 1. The van der Waals surface area contributed by atoms with Crippen LogP contribution in [0, 0.1) is 24.0 Å². The number of ether oxygens (including phenoxy) is 1. The first kappa shape index (κ1) is 14.9. The number of aromatic nitrogens is 2. The van der Waals surface area contributed by atoms with Crippen molar-refractivity contribution in [2.75, 3.05) is 12.4 Å². The molecule has 110 valence electrons. The number of anilines is 2. The van der Waals surface area contributed by atoms with Crippen LogP contribution >= 0.6 is 11.3 Å². The quantitative estimate of drug-likeness (QED) is 0.525. The van der Waals surface area contributed by atoms with E-state index in [1.54, 1.807) is 0 Å². The molecular formula is C12H12N4O4S. The Bertz CT molecular complexity index is 694. The lowest BCUT2D eigenvalue weighted by Gasteiger charge is -2.05. The van der Waals surface area contributed by atoms with Crippen LogP contribution in [0.3, 0.4) is 0 Å². The number of nitrogens with zero attached hydrogens (tertiary/aromatic N) is 3. The molecule has 2 aromatic heterocycles. The van der Waals surface area contributed by atoms with E-state index >= 15 is 0 Å². The lowest BCUT2D eigenvalue weighted by atomic mass is 10.3. The van der Waals surface area contributed by atoms with E-state index in [9.17, 15) is 14.9 Å². The Balaban J connectivity index is 2.43. The van der Waals surface area contributed by atoms with Gasteiger partial charge in [0.2, 0.25) is 5.82 Å². The van der Waals surface area contributed by atoms with Crippen LogP contribution in [0.25, 0.3) is 0 Å². The molecule has 21 heavy (non-hydrogen) atoms. The van der Waals surface area contributed by atoms with Crippen molar-refractivity contribution >= 4 is 33.9 Å². The lowest BCUT2D eigenvalue weighted by molar-refractivity contribution is -0.384. The fraction of sp³-hybridized carbons (Fsp3) is 0.250. The van der Waals surface area contributed by atoms with E-state index in [1.807, 2.05) is 13.8 Å². The molecule has 0 amide bonds. The Labute approximate surface area is 124 Å². The maximum atomic E-state index is 11.5. The molecule has 2 heterocycles. The van der Waals surface area contributed by atoms with Crippen LogP contribution in [-0.4, -0.2) is 28.0 Å². The summed E-state index contributed by atoms with van der Waals surface area (Å²) in [5.74, 6) is -0.712. The van der Waals surface area contributed by atoms with Crippen molar-refractivity contribution < 1.29 is 14.5 Å². The smallest absolute Gasteiger partial charge is 0.356 e. The van der Waals surface area contributed by atoms with Crippen molar-refractivity contribution in [3.05, 3.63) is 38.5 Å². The molecule has 0 radical (unpaired) electrons. The van der Waals surface area contributed by atoms with Crippen LogP contribution in [-0.2, 0) is 4.74 Å². The van der Waals surface area contributed by atoms with E-state index in [0.717, 1.165) is 10.6 Å². The number of methoxy groups -OCH3 is 1. The third kappa shape index (κ3) is 3.14. The van der Waals surface area contributed by atoms with E-state index in [1.165, 1.54) is 30.6 Å². The van der Waals surface area contributed by atoms with Gasteiger partial charge in [-0.3, -0.25) is 10.1 Å². The SMILES string of the molecule is COC(=O)c1ccc([N+](=O)[O-])c(Nc2nc(C)c(C)s2)n1. The number of carbonyl (C=O) groups is 1. The number of hydrogen-bond donors (Lipinski definition) is 1. The average Bonchev–Trinajstić information content (AvgIpc) is 2.76. The van der Waals surface area contributed by atoms with Gasteiger partial charge in [-0.25, -0.2) is 14.8 Å². The summed E-state index contributed by atoms with van der Waals surface area (Å²) >= 11 is 1.35. The Morgan fingerprint density at radius 2 is 2.10 bits per heavy atom. The van der Waals surface area contributed by atoms with Crippen molar-refractivity contribution in [1.82, 2.24) is 9.97 Å². The maximum Gasteiger partial charge on any atom is 0.356 e. The monoisotopic (exact) mass is 308 g/mol. The summed E-state index contributed by atoms with van der Waals surface area (Å²) in [6.07, 6.45) is 0. The molecule has 0 bridgehead atoms. The van der Waals surface area contributed by atoms with E-state index in [-0.39, 0.29) is 17.2 Å². The minimum absolute atomic E-state index is 0.0180. The predicted octanol–water partition coefficient (Wildman–Crippen LogP) is 2.59. The van der Waals surface area contributed by atoms with Gasteiger partial charge in [0.15, 0.2) is 10.8 Å². The first-order chi connectivity index (χ1) is 9.92. The molecule has 0 aliphatic carbocycles. The van der Waals surface area contributed by atoms with Gasteiger partial charge in [-0.15, -0.1) is 11.3 Å². The Morgan fingerprint density at radius 3 is 2.62 bits per heavy atom. The number of thiazole rings is 1. The molecule has 0 aliphatic heterocycles. The summed E-state index contributed by atoms with van der Waals surface area (Å²) in [5, 5.41) is 14.3. The highest BCUT2D eigenvalue weighted by molar-refractivity contribution is 7.15. The number of esters is 1. The number of nitrogens with one attached hydrogen (secondary N) is 1. The Kier molecular flexibility index (Phi) is 4.13. The van der Waals surface area contributed by atoms with Gasteiger partial charge < -0.3 is 10.1 Å². The van der Waals surface area contributed by atoms with Gasteiger partial charge in [-0.2, -0.15) is 0 Å². The van der Waals surface area contributed by atoms with Crippen molar-refractivity contribution in [3.8, 4) is 0 Å². The summed E-state index contributed by atoms with van der Waals surface area (Å²) in [6, 6.07) is 2.45. The van der Waals surface area contributed by atoms with Crippen LogP contribution in [0.5, 0.6) is 0 Å². The highest BCUT2D eigenvalue weighted by atomic mass is 32.1. The molecule has 0 aliphatic rings. The second-order valence-corrected chi connectivity index (χ2v) is 5.30. The van der Waals surface area contributed by atoms with Gasteiger partial charge in [0, 0.05) is 10.9 Å². The molecule has 0 unspecified atom stereocenters. The van der Waals surface area contributed by atoms with Gasteiger partial charge in [0.05, 0.1) is 17.7 Å². The topological polar surface area (TPSA) is 107 Å². The maximum absolute atomic E-state index is 11.5. The second kappa shape index (κ2) is 5.83. The highest BCUT2D eigenvalue weighted by Crippen LogP contribution is 2.29. The summed E-state index contributed by atoms with van der Waals surface area (Å²) in [7, 11) is 1.21. The fourth-order valence-electron chi connectivity index (χ4n) is 1.54. The molecule has 8 nitrogen and oxygen atoms in total. The van der Waals surface area contributed by atoms with E-state index < -0.39 is 10.9 Å². The normalized spacial score (nSPS) is 10.2. The van der Waals surface area contributed by atoms with Gasteiger partial charge in [0.25, 0.3) is 0 Å². The molecule has 0 saturated heterocycles. The zero-order valence-corrected chi connectivity index (χ0v) is 12.4. The second-order valence-electron chi connectivity index (χ2n) is 4.10. The molecule has 2 aromatic rings. The summed E-state index contributed by atoms with van der Waals surface area (Å²) in [6.45, 7) is 3.73. The molecule has 0 saturated carbocycles. The molecule has 0 spiro atoms. The number of carbonyl (C=O) groups excluding carboxylic acids is 1. The number of pyridine rings is 1. The summed E-state index contributed by atoms with van der Waals surface area (Å²) < 4.78 is 4.55. The molecule has 1 N–H and O–H groups in total. The van der Waals surface area contributed by atoms with Crippen molar-refractivity contribution in [2.45, 2.75) is 13.8 Å². The van der Waals surface area contributed by atoms with Crippen molar-refractivity contribution in [2.24, 2.45) is 0 Å². The van der Waals surface area contributed by atoms with Crippen LogP contribution in [0.2, 0.25) is 0 Å². The third-order valence-electron chi connectivity index (χ3n) is 2.72. The standard InChI is InChI=1S/C12H12N4O4S/c1-6-7(2)21-12(13-6)15-10-9(16(18)19)5-4-8(14-10)11(17)20-3/h4-5H,1-3H3,(H,13,14,15). The number of rotatable bonds is 4. The molecule has 0 atom stereocenters. The van der Waals surface area contributed by atoms with Gasteiger partial charge in [-0.1, -0.05) is 0 Å². The molecule has 0 fully saturated rings. The fourth-order valence-corrected chi connectivity index (χ4v) is 2.35. The summed E-state index contributed by atoms with van der Waals surface area (Å²) in [5.41, 5.74) is 0.568. The Hall–Kier alpha value is -2.55. The van der Waals surface area contributed by atoms with E-state index in [0.29, 0.717) is 5.13 Å². The van der Waals surface area contributed by atoms with Crippen molar-refractivity contribution in [3.63, 3.8) is 0 Å². The minimum atomic E-state index is -0.667. The van der Waals surface area contributed by atoms with Gasteiger partial charge in [-0.05, 0) is 19.9 Å². The van der Waals surface area contributed by atoms with Gasteiger partial charge >= 0.3 is 11.7 Å². The van der Waals surface area contributed by atoms with E-state index in [4.69, 9.17) is 0 Å². The lowest BCUT2D eigenvalue weighted by Crippen LogP contribution is -2.07. The van der Waals surface area contributed by atoms with Crippen LogP contribution in [0.4, 0.5) is 16.6 Å². The van der Waals surface area contributed by atoms with Crippen LogP contribution < -0.4 is 5.32 Å². The van der Waals surface area contributed by atoms with Gasteiger partial charge in [0.1, 0.15) is 0 Å². The predicted molar refractivity (Wildman–Crippen MR) is 77.1 cm³/mol. The largest absolute Gasteiger partial charge is 0.464 e. The highest BCUT2D eigenvalue weighted by Gasteiger charge is 2.20. The average molecular weight is 308 g/mol. The molecule has 2 rings (SSSR count). The number of hydrogen-bond acceptors (Lipinski definition) is 8. The third-order valence-corrected chi connectivity index (χ3v) is 3.71. The molecule has 9 heteroatoms. The first-order valence-electron chi connectivity index (χ1n) is 5.87. The van der Waals surface area contributed by atoms with Crippen LogP contribution in [0.15, 0.2) is 12.1 Å². The molecular weight excluding hydrogens is 296 g/mol. The van der Waals surface area contributed by atoms with E-state index in [2.05, 4.69) is 20.0 Å². The summed E-state index contributed by atoms with van der Waals surface area (Å²) in [4.78, 5) is 31.1. The minimum Gasteiger partial charge on any atom is -0.464 e. The van der Waals surface area contributed by atoms with Crippen molar-refractivity contribution in [1.29, 1.82) is 0 Å². The van der Waals surface area contributed by atoms with Crippen LogP contribution in [0.1, 0.15) is 21.1 Å². The zero-order valence-electron chi connectivity index (χ0n) is 11.5.